The number of aliphatic hydroxyl groups excluding tert-OH is 1. The fourth-order valence-electron chi connectivity index (χ4n) is 3.78. The van der Waals surface area contributed by atoms with Crippen molar-refractivity contribution in [2.75, 3.05) is 26.2 Å². The molecule has 1 aromatic rings. The van der Waals surface area contributed by atoms with Crippen LogP contribution in [0.2, 0.25) is 5.02 Å². The molecule has 0 radical (unpaired) electrons. The zero-order valence-corrected chi connectivity index (χ0v) is 14.1. The molecule has 1 heterocycles. The smallest absolute Gasteiger partial charge is 0.256 e. The minimum atomic E-state index is -0.572. The van der Waals surface area contributed by atoms with Crippen LogP contribution < -0.4 is 5.73 Å². The molecule has 1 saturated carbocycles. The third kappa shape index (κ3) is 3.04. The van der Waals surface area contributed by atoms with E-state index in [9.17, 15) is 14.3 Å². The molecule has 24 heavy (non-hydrogen) atoms. The highest BCUT2D eigenvalue weighted by atomic mass is 35.5. The van der Waals surface area contributed by atoms with Gasteiger partial charge in [0.15, 0.2) is 0 Å². The molecule has 2 atom stereocenters. The lowest BCUT2D eigenvalue weighted by Gasteiger charge is -2.56. The van der Waals surface area contributed by atoms with Gasteiger partial charge >= 0.3 is 0 Å². The number of carbonyl (C=O) groups is 1. The summed E-state index contributed by atoms with van der Waals surface area (Å²) in [5.41, 5.74) is 5.16. The normalized spacial score (nSPS) is 25.6. The van der Waals surface area contributed by atoms with Crippen LogP contribution in [0.5, 0.6) is 0 Å². The maximum atomic E-state index is 13.9. The quantitative estimate of drug-likeness (QED) is 0.862. The van der Waals surface area contributed by atoms with E-state index in [1.807, 2.05) is 0 Å². The van der Waals surface area contributed by atoms with E-state index in [-0.39, 0.29) is 23.0 Å². The van der Waals surface area contributed by atoms with Gasteiger partial charge < -0.3 is 20.5 Å². The Morgan fingerprint density at radius 3 is 2.79 bits per heavy atom. The second-order valence-corrected chi connectivity index (χ2v) is 6.99. The number of nitrogens with two attached hydrogens (primary N) is 1. The van der Waals surface area contributed by atoms with Crippen LogP contribution in [-0.4, -0.2) is 54.4 Å². The van der Waals surface area contributed by atoms with Gasteiger partial charge in [0.25, 0.3) is 5.91 Å². The van der Waals surface area contributed by atoms with Crippen molar-refractivity contribution in [2.45, 2.75) is 31.5 Å². The van der Waals surface area contributed by atoms with Crippen molar-refractivity contribution in [3.63, 3.8) is 0 Å². The summed E-state index contributed by atoms with van der Waals surface area (Å²) in [6.45, 7) is 1.84. The van der Waals surface area contributed by atoms with Crippen LogP contribution in [-0.2, 0) is 4.74 Å². The summed E-state index contributed by atoms with van der Waals surface area (Å²) >= 11 is 5.87. The average molecular weight is 357 g/mol. The first-order valence-electron chi connectivity index (χ1n) is 8.22. The van der Waals surface area contributed by atoms with E-state index < -0.39 is 11.9 Å². The highest BCUT2D eigenvalue weighted by molar-refractivity contribution is 6.31. The minimum absolute atomic E-state index is 0.0106. The summed E-state index contributed by atoms with van der Waals surface area (Å²) in [5.74, 6) is -0.935. The van der Waals surface area contributed by atoms with E-state index in [1.54, 1.807) is 4.90 Å². The lowest BCUT2D eigenvalue weighted by molar-refractivity contribution is -0.207. The van der Waals surface area contributed by atoms with Crippen LogP contribution in [0.1, 0.15) is 29.6 Å². The SMILES string of the molecule is NCCO[C@H]1C[C@@H](O)C12CCN(C(=O)c1cc(Cl)ccc1F)CC2. The summed E-state index contributed by atoms with van der Waals surface area (Å²) in [7, 11) is 0. The summed E-state index contributed by atoms with van der Waals surface area (Å²) in [5, 5.41) is 10.6. The molecule has 1 amide bonds. The second kappa shape index (κ2) is 6.96. The van der Waals surface area contributed by atoms with Crippen molar-refractivity contribution in [3.05, 3.63) is 34.6 Å². The predicted molar refractivity (Wildman–Crippen MR) is 88.4 cm³/mol. The Morgan fingerprint density at radius 1 is 1.46 bits per heavy atom. The van der Waals surface area contributed by atoms with Crippen molar-refractivity contribution in [2.24, 2.45) is 11.1 Å². The maximum absolute atomic E-state index is 13.9. The minimum Gasteiger partial charge on any atom is -0.392 e. The topological polar surface area (TPSA) is 75.8 Å². The molecule has 1 aliphatic heterocycles. The Hall–Kier alpha value is -1.21. The third-order valence-corrected chi connectivity index (χ3v) is 5.55. The summed E-state index contributed by atoms with van der Waals surface area (Å²) < 4.78 is 19.6. The highest BCUT2D eigenvalue weighted by Crippen LogP contribution is 2.51. The zero-order chi connectivity index (χ0) is 17.3. The van der Waals surface area contributed by atoms with E-state index in [4.69, 9.17) is 22.1 Å². The molecule has 1 saturated heterocycles. The number of benzene rings is 1. The van der Waals surface area contributed by atoms with Gasteiger partial charge in [0, 0.05) is 36.5 Å². The lowest BCUT2D eigenvalue weighted by atomic mass is 9.58. The molecule has 2 fully saturated rings. The van der Waals surface area contributed by atoms with Gasteiger partial charge in [-0.2, -0.15) is 0 Å². The van der Waals surface area contributed by atoms with Crippen LogP contribution in [0, 0.1) is 11.2 Å². The van der Waals surface area contributed by atoms with E-state index in [2.05, 4.69) is 0 Å². The van der Waals surface area contributed by atoms with Crippen molar-refractivity contribution >= 4 is 17.5 Å². The molecule has 0 bridgehead atoms. The molecule has 3 rings (SSSR count). The van der Waals surface area contributed by atoms with Crippen LogP contribution in [0.15, 0.2) is 18.2 Å². The summed E-state index contributed by atoms with van der Waals surface area (Å²) in [4.78, 5) is 14.2. The molecule has 3 N–H and O–H groups in total. The molecular formula is C17H22ClFN2O3. The van der Waals surface area contributed by atoms with Gasteiger partial charge in [0.05, 0.1) is 24.4 Å². The molecule has 1 aliphatic carbocycles. The van der Waals surface area contributed by atoms with E-state index in [0.717, 1.165) is 0 Å². The summed E-state index contributed by atoms with van der Waals surface area (Å²) in [6, 6.07) is 3.98. The fraction of sp³-hybridized carbons (Fsp3) is 0.588. The Bertz CT molecular complexity index is 620. The van der Waals surface area contributed by atoms with Gasteiger partial charge in [0.2, 0.25) is 0 Å². The largest absolute Gasteiger partial charge is 0.392 e. The number of hydrogen-bond acceptors (Lipinski definition) is 4. The molecule has 5 nitrogen and oxygen atoms in total. The maximum Gasteiger partial charge on any atom is 0.256 e. The molecular weight excluding hydrogens is 335 g/mol. The number of carbonyl (C=O) groups excluding carboxylic acids is 1. The van der Waals surface area contributed by atoms with Crippen molar-refractivity contribution in [1.82, 2.24) is 4.90 Å². The van der Waals surface area contributed by atoms with Crippen molar-refractivity contribution < 1.29 is 19.0 Å². The van der Waals surface area contributed by atoms with Gasteiger partial charge in [0.1, 0.15) is 5.82 Å². The van der Waals surface area contributed by atoms with Gasteiger partial charge in [-0.3, -0.25) is 4.79 Å². The third-order valence-electron chi connectivity index (χ3n) is 5.32. The first-order chi connectivity index (χ1) is 11.5. The average Bonchev–Trinajstić information content (AvgIpc) is 2.60. The van der Waals surface area contributed by atoms with Gasteiger partial charge in [-0.15, -0.1) is 0 Å². The Balaban J connectivity index is 1.66. The number of piperidine rings is 1. The van der Waals surface area contributed by atoms with E-state index >= 15 is 0 Å². The van der Waals surface area contributed by atoms with Gasteiger partial charge in [-0.25, -0.2) is 4.39 Å². The van der Waals surface area contributed by atoms with Crippen molar-refractivity contribution in [1.29, 1.82) is 0 Å². The molecule has 1 aromatic carbocycles. The first kappa shape index (κ1) is 17.6. The van der Waals surface area contributed by atoms with E-state index in [1.165, 1.54) is 18.2 Å². The molecule has 1 spiro atoms. The highest BCUT2D eigenvalue weighted by Gasteiger charge is 2.56. The van der Waals surface area contributed by atoms with Crippen LogP contribution in [0.3, 0.4) is 0 Å². The van der Waals surface area contributed by atoms with Gasteiger partial charge in [-0.1, -0.05) is 11.6 Å². The number of aliphatic hydroxyl groups is 1. The van der Waals surface area contributed by atoms with Crippen LogP contribution >= 0.6 is 11.6 Å². The van der Waals surface area contributed by atoms with Gasteiger partial charge in [-0.05, 0) is 31.0 Å². The Labute approximate surface area is 145 Å². The monoisotopic (exact) mass is 356 g/mol. The number of nitrogens with zero attached hydrogens (tertiary/aromatic N) is 1. The predicted octanol–water partition coefficient (Wildman–Crippen LogP) is 1.81. The standard InChI is InChI=1S/C17H22ClFN2O3/c18-11-1-2-13(19)12(9-11)16(23)21-6-3-17(4-7-21)14(22)10-15(17)24-8-5-20/h1-2,9,14-15,22H,3-8,10,20H2/t14-,15+/m1/s1. The number of likely N-dealkylation sites (tertiary alicyclic amines) is 1. The molecule has 2 aliphatic rings. The van der Waals surface area contributed by atoms with Crippen LogP contribution in [0.25, 0.3) is 0 Å². The molecule has 0 aromatic heterocycles. The summed E-state index contributed by atoms with van der Waals surface area (Å²) in [6.07, 6.45) is 1.45. The number of halogens is 2. The zero-order valence-electron chi connectivity index (χ0n) is 13.4. The number of rotatable bonds is 4. The Morgan fingerprint density at radius 2 is 2.17 bits per heavy atom. The fourth-order valence-corrected chi connectivity index (χ4v) is 3.96. The second-order valence-electron chi connectivity index (χ2n) is 6.55. The number of hydrogen-bond donors (Lipinski definition) is 2. The van der Waals surface area contributed by atoms with E-state index in [0.29, 0.717) is 50.5 Å². The number of amides is 1. The van der Waals surface area contributed by atoms with Crippen LogP contribution in [0.4, 0.5) is 4.39 Å². The molecule has 0 unspecified atom stereocenters. The molecule has 132 valence electrons. The first-order valence-corrected chi connectivity index (χ1v) is 8.60. The molecule has 7 heteroatoms. The lowest BCUT2D eigenvalue weighted by Crippen LogP contribution is -2.63. The number of ether oxygens (including phenoxy) is 1. The Kier molecular flexibility index (Phi) is 5.11. The van der Waals surface area contributed by atoms with Crippen molar-refractivity contribution in [3.8, 4) is 0 Å².